The molecule has 0 saturated carbocycles. The second-order valence-electron chi connectivity index (χ2n) is 7.62. The summed E-state index contributed by atoms with van der Waals surface area (Å²) in [6.07, 6.45) is 4.32. The summed E-state index contributed by atoms with van der Waals surface area (Å²) in [5.74, 6) is -1.42. The molecule has 0 N–H and O–H groups in total. The van der Waals surface area contributed by atoms with Gasteiger partial charge < -0.3 is 14.4 Å². The fourth-order valence-electron chi connectivity index (χ4n) is 3.59. The highest BCUT2D eigenvalue weighted by Crippen LogP contribution is 2.44. The predicted molar refractivity (Wildman–Crippen MR) is 101 cm³/mol. The maximum absolute atomic E-state index is 12.5. The molecule has 0 aromatic rings. The lowest BCUT2D eigenvalue weighted by atomic mass is 9.72. The van der Waals surface area contributed by atoms with Crippen LogP contribution in [0.4, 0.5) is 0 Å². The topological polar surface area (TPSA) is 103 Å². The maximum Gasteiger partial charge on any atom is 0.349 e. The number of ether oxygens (including phenoxy) is 2. The van der Waals surface area contributed by atoms with Crippen LogP contribution in [-0.2, 0) is 19.1 Å². The molecule has 7 heteroatoms. The van der Waals surface area contributed by atoms with Gasteiger partial charge in [-0.05, 0) is 36.7 Å². The molecule has 7 nitrogen and oxygen atoms in total. The first kappa shape index (κ1) is 21.2. The Hall–Kier alpha value is -3.06. The van der Waals surface area contributed by atoms with E-state index in [4.69, 9.17) is 9.47 Å². The summed E-state index contributed by atoms with van der Waals surface area (Å²) in [6, 6.07) is 4.14. The van der Waals surface area contributed by atoms with Gasteiger partial charge in [-0.3, -0.25) is 0 Å². The molecule has 1 heterocycles. The standard InChI is InChI=1S/C21H25N3O4/c1-4-19(25)27-9-10-28-20(26)17(14-23)15-11-21(2,3)12-18(16(15)13-22)24-7-5-6-8-24/h4H,1,5-12H2,2-3H3/b17-15-. The van der Waals surface area contributed by atoms with E-state index in [-0.39, 0.29) is 24.2 Å². The van der Waals surface area contributed by atoms with Crippen molar-refractivity contribution >= 4 is 11.9 Å². The molecule has 2 rings (SSSR count). The molecular weight excluding hydrogens is 358 g/mol. The average molecular weight is 383 g/mol. The van der Waals surface area contributed by atoms with Gasteiger partial charge in [0.2, 0.25) is 0 Å². The fraction of sp³-hybridized carbons (Fsp3) is 0.524. The summed E-state index contributed by atoms with van der Waals surface area (Å²) in [4.78, 5) is 25.7. The number of carbonyl (C=O) groups is 2. The van der Waals surface area contributed by atoms with Crippen LogP contribution in [-0.4, -0.2) is 43.1 Å². The lowest BCUT2D eigenvalue weighted by Gasteiger charge is -2.37. The van der Waals surface area contributed by atoms with Gasteiger partial charge in [-0.25, -0.2) is 9.59 Å². The molecule has 0 radical (unpaired) electrons. The lowest BCUT2D eigenvalue weighted by molar-refractivity contribution is -0.146. The van der Waals surface area contributed by atoms with E-state index in [1.807, 2.05) is 6.07 Å². The van der Waals surface area contributed by atoms with Gasteiger partial charge >= 0.3 is 11.9 Å². The van der Waals surface area contributed by atoms with Crippen LogP contribution in [0.3, 0.4) is 0 Å². The summed E-state index contributed by atoms with van der Waals surface area (Å²) in [7, 11) is 0. The Morgan fingerprint density at radius 1 is 1.18 bits per heavy atom. The molecule has 148 valence electrons. The van der Waals surface area contributed by atoms with Crippen LogP contribution in [0.25, 0.3) is 0 Å². The van der Waals surface area contributed by atoms with Crippen molar-refractivity contribution in [1.82, 2.24) is 4.90 Å². The van der Waals surface area contributed by atoms with E-state index in [0.717, 1.165) is 44.1 Å². The van der Waals surface area contributed by atoms with Crippen LogP contribution in [0.5, 0.6) is 0 Å². The number of hydrogen-bond donors (Lipinski definition) is 0. The van der Waals surface area contributed by atoms with Gasteiger partial charge in [-0.2, -0.15) is 10.5 Å². The molecular formula is C21H25N3O4. The third kappa shape index (κ3) is 5.01. The number of hydrogen-bond acceptors (Lipinski definition) is 7. The zero-order valence-electron chi connectivity index (χ0n) is 16.4. The van der Waals surface area contributed by atoms with Gasteiger partial charge in [-0.1, -0.05) is 20.4 Å². The highest BCUT2D eigenvalue weighted by Gasteiger charge is 2.36. The van der Waals surface area contributed by atoms with Crippen molar-refractivity contribution in [2.45, 2.75) is 39.5 Å². The number of allylic oxidation sites excluding steroid dienone is 3. The van der Waals surface area contributed by atoms with Crippen molar-refractivity contribution in [1.29, 1.82) is 10.5 Å². The second kappa shape index (κ2) is 9.23. The summed E-state index contributed by atoms with van der Waals surface area (Å²) in [6.45, 7) is 8.85. The Morgan fingerprint density at radius 3 is 2.39 bits per heavy atom. The zero-order chi connectivity index (χ0) is 20.7. The molecule has 1 fully saturated rings. The molecule has 0 unspecified atom stereocenters. The van der Waals surface area contributed by atoms with Gasteiger partial charge in [0.1, 0.15) is 30.9 Å². The van der Waals surface area contributed by atoms with Crippen molar-refractivity contribution in [3.8, 4) is 12.1 Å². The molecule has 1 aliphatic heterocycles. The molecule has 0 spiro atoms. The van der Waals surface area contributed by atoms with Crippen molar-refractivity contribution in [2.24, 2.45) is 5.41 Å². The van der Waals surface area contributed by atoms with Gasteiger partial charge in [-0.15, -0.1) is 0 Å². The van der Waals surface area contributed by atoms with Crippen LogP contribution in [0.1, 0.15) is 39.5 Å². The molecule has 28 heavy (non-hydrogen) atoms. The van der Waals surface area contributed by atoms with Gasteiger partial charge in [0.05, 0.1) is 5.57 Å². The Balaban J connectivity index is 2.30. The molecule has 2 aliphatic rings. The van der Waals surface area contributed by atoms with Crippen LogP contribution < -0.4 is 0 Å². The van der Waals surface area contributed by atoms with E-state index in [0.29, 0.717) is 17.6 Å². The maximum atomic E-state index is 12.5. The number of nitriles is 2. The van der Waals surface area contributed by atoms with Crippen LogP contribution >= 0.6 is 0 Å². The Labute approximate surface area is 165 Å². The molecule has 0 bridgehead atoms. The van der Waals surface area contributed by atoms with Crippen molar-refractivity contribution in [3.63, 3.8) is 0 Å². The van der Waals surface area contributed by atoms with Gasteiger partial charge in [0.15, 0.2) is 0 Å². The van der Waals surface area contributed by atoms with Crippen LogP contribution in [0, 0.1) is 28.1 Å². The van der Waals surface area contributed by atoms with Crippen LogP contribution in [0.2, 0.25) is 0 Å². The zero-order valence-corrected chi connectivity index (χ0v) is 16.4. The molecule has 0 aromatic heterocycles. The fourth-order valence-corrected chi connectivity index (χ4v) is 3.59. The smallest absolute Gasteiger partial charge is 0.349 e. The van der Waals surface area contributed by atoms with Crippen molar-refractivity contribution in [3.05, 3.63) is 35.1 Å². The van der Waals surface area contributed by atoms with E-state index in [1.54, 1.807) is 0 Å². The largest absolute Gasteiger partial charge is 0.459 e. The minimum Gasteiger partial charge on any atom is -0.459 e. The summed E-state index contributed by atoms with van der Waals surface area (Å²) >= 11 is 0. The van der Waals surface area contributed by atoms with Crippen molar-refractivity contribution in [2.75, 3.05) is 26.3 Å². The first-order chi connectivity index (χ1) is 13.3. The van der Waals surface area contributed by atoms with E-state index >= 15 is 0 Å². The van der Waals surface area contributed by atoms with Crippen molar-refractivity contribution < 1.29 is 19.1 Å². The monoisotopic (exact) mass is 383 g/mol. The molecule has 0 amide bonds. The normalized spacial score (nSPS) is 20.1. The number of rotatable bonds is 6. The molecule has 1 aliphatic carbocycles. The Kier molecular flexibility index (Phi) is 7.00. The minimum atomic E-state index is -0.807. The third-order valence-corrected chi connectivity index (χ3v) is 4.84. The SMILES string of the molecule is C=CC(=O)OCCOC(=O)/C(C#N)=C1/CC(C)(C)CC(N2CCCC2)=C1C#N. The number of likely N-dealkylation sites (tertiary alicyclic amines) is 1. The first-order valence-corrected chi connectivity index (χ1v) is 9.31. The van der Waals surface area contributed by atoms with Gasteiger partial charge in [0, 0.05) is 24.9 Å². The van der Waals surface area contributed by atoms with E-state index in [9.17, 15) is 20.1 Å². The Bertz CT molecular complexity index is 802. The van der Waals surface area contributed by atoms with Crippen LogP contribution in [0.15, 0.2) is 35.1 Å². The van der Waals surface area contributed by atoms with E-state index in [2.05, 4.69) is 31.4 Å². The summed E-state index contributed by atoms with van der Waals surface area (Å²) < 4.78 is 9.85. The molecule has 1 saturated heterocycles. The average Bonchev–Trinajstić information content (AvgIpc) is 3.19. The lowest BCUT2D eigenvalue weighted by Crippen LogP contribution is -2.30. The van der Waals surface area contributed by atoms with Gasteiger partial charge in [0.25, 0.3) is 0 Å². The number of esters is 2. The minimum absolute atomic E-state index is 0.129. The quantitative estimate of drug-likeness (QED) is 0.301. The molecule has 0 aromatic carbocycles. The highest BCUT2D eigenvalue weighted by atomic mass is 16.6. The number of nitrogens with zero attached hydrogens (tertiary/aromatic N) is 3. The predicted octanol–water partition coefficient (Wildman–Crippen LogP) is 2.77. The summed E-state index contributed by atoms with van der Waals surface area (Å²) in [5.41, 5.74) is 1.42. The number of carbonyl (C=O) groups excluding carboxylic acids is 2. The Morgan fingerprint density at radius 2 is 1.82 bits per heavy atom. The molecule has 0 atom stereocenters. The second-order valence-corrected chi connectivity index (χ2v) is 7.62. The summed E-state index contributed by atoms with van der Waals surface area (Å²) in [5, 5.41) is 19.4. The van der Waals surface area contributed by atoms with E-state index < -0.39 is 11.9 Å². The first-order valence-electron chi connectivity index (χ1n) is 9.31. The third-order valence-electron chi connectivity index (χ3n) is 4.84. The highest BCUT2D eigenvalue weighted by molar-refractivity contribution is 5.95. The van der Waals surface area contributed by atoms with E-state index in [1.165, 1.54) is 0 Å².